The molecule has 1 aliphatic carbocycles. The molecule has 0 atom stereocenters. The number of aryl methyl sites for hydroxylation is 1. The van der Waals surface area contributed by atoms with Gasteiger partial charge in [0.25, 0.3) is 5.91 Å². The Bertz CT molecular complexity index is 528. The molecule has 0 spiro atoms. The van der Waals surface area contributed by atoms with Gasteiger partial charge in [-0.15, -0.1) is 0 Å². The number of nitrogens with one attached hydrogen (secondary N) is 1. The van der Waals surface area contributed by atoms with Gasteiger partial charge in [-0.1, -0.05) is 19.0 Å². The van der Waals surface area contributed by atoms with Crippen LogP contribution in [0.25, 0.3) is 0 Å². The Morgan fingerprint density at radius 1 is 1.29 bits per heavy atom. The van der Waals surface area contributed by atoms with Crippen molar-refractivity contribution in [1.29, 1.82) is 0 Å². The third-order valence-corrected chi connectivity index (χ3v) is 4.05. The normalized spacial score (nSPS) is 22.3. The van der Waals surface area contributed by atoms with Crippen molar-refractivity contribution >= 4 is 11.9 Å². The van der Waals surface area contributed by atoms with E-state index in [1.807, 2.05) is 13.8 Å². The van der Waals surface area contributed by atoms with Gasteiger partial charge < -0.3 is 14.9 Å². The van der Waals surface area contributed by atoms with E-state index in [0.717, 1.165) is 0 Å². The van der Waals surface area contributed by atoms with Crippen LogP contribution in [0, 0.1) is 12.8 Å². The average molecular weight is 294 g/mol. The molecule has 1 amide bonds. The number of carboxylic acid groups (broad SMARTS) is 1. The number of aliphatic carboxylic acids is 1. The zero-order chi connectivity index (χ0) is 15.6. The summed E-state index contributed by atoms with van der Waals surface area (Å²) in [5.74, 6) is -0.492. The lowest BCUT2D eigenvalue weighted by molar-refractivity contribution is -0.142. The zero-order valence-electron chi connectivity index (χ0n) is 12.7. The first kappa shape index (κ1) is 15.5. The van der Waals surface area contributed by atoms with Gasteiger partial charge >= 0.3 is 5.97 Å². The van der Waals surface area contributed by atoms with Crippen LogP contribution < -0.4 is 5.32 Å². The third kappa shape index (κ3) is 3.43. The van der Waals surface area contributed by atoms with Gasteiger partial charge in [0.1, 0.15) is 5.56 Å². The summed E-state index contributed by atoms with van der Waals surface area (Å²) in [4.78, 5) is 23.3. The van der Waals surface area contributed by atoms with Crippen molar-refractivity contribution in [2.24, 2.45) is 5.92 Å². The highest BCUT2D eigenvalue weighted by atomic mass is 16.5. The maximum atomic E-state index is 12.4. The molecule has 1 aromatic heterocycles. The van der Waals surface area contributed by atoms with E-state index in [1.54, 1.807) is 6.92 Å². The van der Waals surface area contributed by atoms with Crippen molar-refractivity contribution in [2.75, 3.05) is 0 Å². The number of nitrogens with zero attached hydrogens (tertiary/aromatic N) is 1. The third-order valence-electron chi connectivity index (χ3n) is 4.05. The standard InChI is InChI=1S/C15H22N2O4/c1-8(2)13-12(9(3)17-21-13)14(18)16-11-6-4-10(5-7-11)15(19)20/h8,10-11H,4-7H2,1-3H3,(H,16,18)(H,19,20). The minimum Gasteiger partial charge on any atom is -0.481 e. The van der Waals surface area contributed by atoms with Crippen molar-refractivity contribution in [3.8, 4) is 0 Å². The highest BCUT2D eigenvalue weighted by Crippen LogP contribution is 2.26. The average Bonchev–Trinajstić information content (AvgIpc) is 2.81. The Morgan fingerprint density at radius 2 is 1.90 bits per heavy atom. The SMILES string of the molecule is Cc1noc(C(C)C)c1C(=O)NC1CCC(C(=O)O)CC1. The van der Waals surface area contributed by atoms with Crippen LogP contribution in [-0.2, 0) is 4.79 Å². The molecule has 0 aromatic carbocycles. The summed E-state index contributed by atoms with van der Waals surface area (Å²) in [6.07, 6.45) is 2.62. The highest BCUT2D eigenvalue weighted by Gasteiger charge is 2.29. The van der Waals surface area contributed by atoms with Crippen molar-refractivity contribution in [2.45, 2.75) is 58.4 Å². The Morgan fingerprint density at radius 3 is 2.43 bits per heavy atom. The van der Waals surface area contributed by atoms with Crippen LogP contribution in [0.4, 0.5) is 0 Å². The van der Waals surface area contributed by atoms with E-state index in [2.05, 4.69) is 10.5 Å². The maximum absolute atomic E-state index is 12.4. The number of rotatable bonds is 4. The molecule has 2 N–H and O–H groups in total. The summed E-state index contributed by atoms with van der Waals surface area (Å²) in [7, 11) is 0. The summed E-state index contributed by atoms with van der Waals surface area (Å²) in [5.41, 5.74) is 1.11. The molecule has 21 heavy (non-hydrogen) atoms. The van der Waals surface area contributed by atoms with E-state index in [4.69, 9.17) is 9.63 Å². The fraction of sp³-hybridized carbons (Fsp3) is 0.667. The second-order valence-electron chi connectivity index (χ2n) is 6.02. The molecular formula is C15H22N2O4. The Labute approximate surface area is 123 Å². The molecule has 0 aliphatic heterocycles. The monoisotopic (exact) mass is 294 g/mol. The van der Waals surface area contributed by atoms with Gasteiger partial charge in [-0.2, -0.15) is 0 Å². The summed E-state index contributed by atoms with van der Waals surface area (Å²) >= 11 is 0. The van der Waals surface area contributed by atoms with Gasteiger partial charge in [0, 0.05) is 12.0 Å². The smallest absolute Gasteiger partial charge is 0.306 e. The molecule has 6 heteroatoms. The van der Waals surface area contributed by atoms with Gasteiger partial charge in [0.05, 0.1) is 11.6 Å². The molecule has 116 valence electrons. The quantitative estimate of drug-likeness (QED) is 0.890. The molecule has 1 aromatic rings. The van der Waals surface area contributed by atoms with Crippen molar-refractivity contribution in [3.05, 3.63) is 17.0 Å². The van der Waals surface area contributed by atoms with Gasteiger partial charge in [-0.3, -0.25) is 9.59 Å². The minimum atomic E-state index is -0.739. The molecule has 1 heterocycles. The number of hydrogen-bond donors (Lipinski definition) is 2. The lowest BCUT2D eigenvalue weighted by atomic mass is 9.86. The van der Waals surface area contributed by atoms with Crippen LogP contribution in [0.5, 0.6) is 0 Å². The molecule has 1 saturated carbocycles. The maximum Gasteiger partial charge on any atom is 0.306 e. The van der Waals surface area contributed by atoms with E-state index < -0.39 is 5.97 Å². The first-order valence-corrected chi connectivity index (χ1v) is 7.40. The summed E-state index contributed by atoms with van der Waals surface area (Å²) < 4.78 is 5.23. The second-order valence-corrected chi connectivity index (χ2v) is 6.02. The van der Waals surface area contributed by atoms with E-state index in [1.165, 1.54) is 0 Å². The van der Waals surface area contributed by atoms with Crippen LogP contribution in [-0.4, -0.2) is 28.2 Å². The molecule has 0 bridgehead atoms. The van der Waals surface area contributed by atoms with Crippen molar-refractivity contribution < 1.29 is 19.2 Å². The fourth-order valence-corrected chi connectivity index (χ4v) is 2.80. The molecule has 0 radical (unpaired) electrons. The molecule has 2 rings (SSSR count). The lowest BCUT2D eigenvalue weighted by Gasteiger charge is -2.26. The number of aromatic nitrogens is 1. The lowest BCUT2D eigenvalue weighted by Crippen LogP contribution is -2.39. The van der Waals surface area contributed by atoms with E-state index >= 15 is 0 Å². The number of carbonyl (C=O) groups is 2. The predicted octanol–water partition coefficient (Wildman–Crippen LogP) is 2.48. The number of hydrogen-bond acceptors (Lipinski definition) is 4. The molecule has 0 saturated heterocycles. The molecule has 1 aliphatic rings. The fourth-order valence-electron chi connectivity index (χ4n) is 2.80. The second kappa shape index (κ2) is 6.28. The van der Waals surface area contributed by atoms with Crippen molar-refractivity contribution in [1.82, 2.24) is 10.5 Å². The molecular weight excluding hydrogens is 272 g/mol. The number of carbonyl (C=O) groups excluding carboxylic acids is 1. The first-order valence-electron chi connectivity index (χ1n) is 7.40. The first-order chi connectivity index (χ1) is 9.90. The van der Waals surface area contributed by atoms with Gasteiger partial charge in [-0.25, -0.2) is 0 Å². The van der Waals surface area contributed by atoms with Crippen LogP contribution in [0.15, 0.2) is 4.52 Å². The number of carboxylic acids is 1. The molecule has 0 unspecified atom stereocenters. The summed E-state index contributed by atoms with van der Waals surface area (Å²) in [6.45, 7) is 5.66. The molecule has 1 fully saturated rings. The van der Waals surface area contributed by atoms with E-state index in [-0.39, 0.29) is 23.8 Å². The topological polar surface area (TPSA) is 92.4 Å². The predicted molar refractivity (Wildman–Crippen MR) is 76.2 cm³/mol. The van der Waals surface area contributed by atoms with Gasteiger partial charge in [0.15, 0.2) is 5.76 Å². The zero-order valence-corrected chi connectivity index (χ0v) is 12.7. The van der Waals surface area contributed by atoms with Crippen LogP contribution in [0.1, 0.15) is 67.3 Å². The Hall–Kier alpha value is -1.85. The van der Waals surface area contributed by atoms with Gasteiger partial charge in [-0.05, 0) is 32.6 Å². The van der Waals surface area contributed by atoms with Gasteiger partial charge in [0.2, 0.25) is 0 Å². The van der Waals surface area contributed by atoms with Crippen LogP contribution in [0.2, 0.25) is 0 Å². The summed E-state index contributed by atoms with van der Waals surface area (Å²) in [5, 5.41) is 15.8. The van der Waals surface area contributed by atoms with Crippen LogP contribution in [0.3, 0.4) is 0 Å². The Balaban J connectivity index is 2.00. The van der Waals surface area contributed by atoms with E-state index in [9.17, 15) is 9.59 Å². The Kier molecular flexibility index (Phi) is 4.65. The number of amides is 1. The summed E-state index contributed by atoms with van der Waals surface area (Å²) in [6, 6.07) is 0.0300. The van der Waals surface area contributed by atoms with Crippen LogP contribution >= 0.6 is 0 Å². The van der Waals surface area contributed by atoms with Crippen molar-refractivity contribution in [3.63, 3.8) is 0 Å². The van der Waals surface area contributed by atoms with E-state index in [0.29, 0.717) is 42.7 Å². The highest BCUT2D eigenvalue weighted by molar-refractivity contribution is 5.96. The minimum absolute atomic E-state index is 0.0300. The molecule has 6 nitrogen and oxygen atoms in total. The largest absolute Gasteiger partial charge is 0.481 e.